The molecule has 3 heteroatoms. The van der Waals surface area contributed by atoms with E-state index in [4.69, 9.17) is 4.74 Å². The van der Waals surface area contributed by atoms with Crippen LogP contribution in [-0.4, -0.2) is 44.1 Å². The first-order chi connectivity index (χ1) is 7.14. The second-order valence-electron chi connectivity index (χ2n) is 4.42. The van der Waals surface area contributed by atoms with Crippen LogP contribution in [0.4, 0.5) is 0 Å². The van der Waals surface area contributed by atoms with Crippen molar-refractivity contribution in [3.63, 3.8) is 0 Å². The summed E-state index contributed by atoms with van der Waals surface area (Å²) in [7, 11) is 3.97. The first-order valence-electron chi connectivity index (χ1n) is 5.87. The van der Waals surface area contributed by atoms with Crippen molar-refractivity contribution in [1.82, 2.24) is 4.90 Å². The fourth-order valence-corrected chi connectivity index (χ4v) is 2.81. The second-order valence-corrected chi connectivity index (χ2v) is 4.99. The van der Waals surface area contributed by atoms with Gasteiger partial charge in [0, 0.05) is 32.1 Å². The van der Waals surface area contributed by atoms with Crippen molar-refractivity contribution in [2.45, 2.75) is 33.1 Å². The average molecular weight is 280 g/mol. The molecule has 0 radical (unpaired) electrons. The summed E-state index contributed by atoms with van der Waals surface area (Å²) >= 11 is 3.65. The van der Waals surface area contributed by atoms with E-state index in [2.05, 4.69) is 41.7 Å². The molecule has 0 rings (SSSR count). The van der Waals surface area contributed by atoms with E-state index in [0.717, 1.165) is 24.9 Å². The van der Waals surface area contributed by atoms with E-state index in [1.807, 2.05) is 0 Å². The molecule has 92 valence electrons. The van der Waals surface area contributed by atoms with Gasteiger partial charge in [0.2, 0.25) is 0 Å². The molecule has 0 N–H and O–H groups in total. The summed E-state index contributed by atoms with van der Waals surface area (Å²) in [6, 6.07) is 0. The maximum Gasteiger partial charge on any atom is 0.0474 e. The molecule has 0 spiro atoms. The number of methoxy groups -OCH3 is 1. The number of halogens is 1. The van der Waals surface area contributed by atoms with E-state index < -0.39 is 0 Å². The highest BCUT2D eigenvalue weighted by Crippen LogP contribution is 2.29. The summed E-state index contributed by atoms with van der Waals surface area (Å²) in [5.74, 6) is 0. The first kappa shape index (κ1) is 15.4. The van der Waals surface area contributed by atoms with E-state index in [1.54, 1.807) is 7.11 Å². The van der Waals surface area contributed by atoms with E-state index in [9.17, 15) is 0 Å². The third-order valence-electron chi connectivity index (χ3n) is 3.28. The Morgan fingerprint density at radius 1 is 1.27 bits per heavy atom. The topological polar surface area (TPSA) is 12.5 Å². The molecule has 0 saturated carbocycles. The zero-order valence-electron chi connectivity index (χ0n) is 10.7. The van der Waals surface area contributed by atoms with Gasteiger partial charge >= 0.3 is 0 Å². The Bertz CT molecular complexity index is 140. The van der Waals surface area contributed by atoms with Gasteiger partial charge in [0.25, 0.3) is 0 Å². The molecule has 0 aromatic heterocycles. The molecular weight excluding hydrogens is 254 g/mol. The summed E-state index contributed by atoms with van der Waals surface area (Å²) in [4.78, 5) is 2.42. The lowest BCUT2D eigenvalue weighted by molar-refractivity contribution is 0.152. The van der Waals surface area contributed by atoms with E-state index in [-0.39, 0.29) is 0 Å². The van der Waals surface area contributed by atoms with Crippen LogP contribution in [0.5, 0.6) is 0 Å². The van der Waals surface area contributed by atoms with Crippen LogP contribution in [0, 0.1) is 5.41 Å². The molecule has 0 aromatic carbocycles. The van der Waals surface area contributed by atoms with Crippen molar-refractivity contribution in [2.24, 2.45) is 5.41 Å². The molecule has 0 fully saturated rings. The van der Waals surface area contributed by atoms with Gasteiger partial charge in [0.1, 0.15) is 0 Å². The number of hydrogen-bond acceptors (Lipinski definition) is 2. The number of alkyl halides is 1. The van der Waals surface area contributed by atoms with E-state index in [1.165, 1.54) is 19.4 Å². The Balaban J connectivity index is 3.94. The van der Waals surface area contributed by atoms with Crippen LogP contribution < -0.4 is 0 Å². The maximum absolute atomic E-state index is 5.07. The molecule has 0 aliphatic carbocycles. The van der Waals surface area contributed by atoms with Crippen molar-refractivity contribution in [3.8, 4) is 0 Å². The fraction of sp³-hybridized carbons (Fsp3) is 1.00. The van der Waals surface area contributed by atoms with Crippen LogP contribution in [-0.2, 0) is 4.74 Å². The Labute approximate surface area is 103 Å². The Kier molecular flexibility index (Phi) is 8.77. The average Bonchev–Trinajstić information content (AvgIpc) is 2.26. The van der Waals surface area contributed by atoms with Crippen molar-refractivity contribution in [2.75, 3.05) is 39.2 Å². The van der Waals surface area contributed by atoms with Crippen LogP contribution in [0.3, 0.4) is 0 Å². The minimum Gasteiger partial charge on any atom is -0.385 e. The zero-order chi connectivity index (χ0) is 11.7. The molecule has 0 aromatic rings. The summed E-state index contributed by atoms with van der Waals surface area (Å²) in [5, 5.41) is 1.10. The normalized spacial score (nSPS) is 12.4. The van der Waals surface area contributed by atoms with Gasteiger partial charge in [-0.3, -0.25) is 0 Å². The fourth-order valence-electron chi connectivity index (χ4n) is 1.84. The Hall–Kier alpha value is 0.400. The molecule has 0 aliphatic heterocycles. The van der Waals surface area contributed by atoms with Gasteiger partial charge in [-0.15, -0.1) is 0 Å². The molecule has 15 heavy (non-hydrogen) atoms. The lowest BCUT2D eigenvalue weighted by Gasteiger charge is -2.34. The Morgan fingerprint density at radius 3 is 2.27 bits per heavy atom. The second kappa shape index (κ2) is 8.54. The molecule has 0 unspecified atom stereocenters. The van der Waals surface area contributed by atoms with Gasteiger partial charge in [-0.2, -0.15) is 0 Å². The molecule has 0 heterocycles. The van der Waals surface area contributed by atoms with Crippen molar-refractivity contribution >= 4 is 15.9 Å². The predicted octanol–water partition coefficient (Wildman–Crippen LogP) is 3.16. The standard InChI is InChI=1S/C12H26BrNO/c1-5-12(6-2,10-13)11-14(3)8-7-9-15-4/h5-11H2,1-4H3. The van der Waals surface area contributed by atoms with Crippen LogP contribution in [0.1, 0.15) is 33.1 Å². The summed E-state index contributed by atoms with van der Waals surface area (Å²) in [6.45, 7) is 7.74. The lowest BCUT2D eigenvalue weighted by atomic mass is 9.84. The molecular formula is C12H26BrNO. The van der Waals surface area contributed by atoms with Gasteiger partial charge in [-0.25, -0.2) is 0 Å². The van der Waals surface area contributed by atoms with E-state index in [0.29, 0.717) is 5.41 Å². The quantitative estimate of drug-likeness (QED) is 0.475. The minimum absolute atomic E-state index is 0.446. The zero-order valence-corrected chi connectivity index (χ0v) is 12.3. The third-order valence-corrected chi connectivity index (χ3v) is 4.47. The number of ether oxygens (including phenoxy) is 1. The van der Waals surface area contributed by atoms with Crippen molar-refractivity contribution < 1.29 is 4.74 Å². The highest BCUT2D eigenvalue weighted by Gasteiger charge is 2.26. The number of rotatable bonds is 9. The first-order valence-corrected chi connectivity index (χ1v) is 6.99. The van der Waals surface area contributed by atoms with Gasteiger partial charge in [-0.05, 0) is 31.7 Å². The molecule has 2 nitrogen and oxygen atoms in total. The van der Waals surface area contributed by atoms with Crippen LogP contribution in [0.15, 0.2) is 0 Å². The van der Waals surface area contributed by atoms with Crippen LogP contribution >= 0.6 is 15.9 Å². The molecule has 0 bridgehead atoms. The molecule has 0 saturated heterocycles. The van der Waals surface area contributed by atoms with E-state index >= 15 is 0 Å². The van der Waals surface area contributed by atoms with Crippen LogP contribution in [0.2, 0.25) is 0 Å². The molecule has 0 aliphatic rings. The van der Waals surface area contributed by atoms with Crippen LogP contribution in [0.25, 0.3) is 0 Å². The van der Waals surface area contributed by atoms with Gasteiger partial charge < -0.3 is 9.64 Å². The summed E-state index contributed by atoms with van der Waals surface area (Å²) in [6.07, 6.45) is 3.60. The molecule has 0 amide bonds. The summed E-state index contributed by atoms with van der Waals surface area (Å²) in [5.41, 5.74) is 0.446. The SMILES string of the molecule is CCC(CC)(CBr)CN(C)CCCOC. The monoisotopic (exact) mass is 279 g/mol. The highest BCUT2D eigenvalue weighted by molar-refractivity contribution is 9.09. The summed E-state index contributed by atoms with van der Waals surface area (Å²) < 4.78 is 5.07. The van der Waals surface area contributed by atoms with Crippen molar-refractivity contribution in [3.05, 3.63) is 0 Å². The number of nitrogens with zero attached hydrogens (tertiary/aromatic N) is 1. The van der Waals surface area contributed by atoms with Crippen molar-refractivity contribution in [1.29, 1.82) is 0 Å². The maximum atomic E-state index is 5.07. The molecule has 0 atom stereocenters. The predicted molar refractivity (Wildman–Crippen MR) is 70.8 cm³/mol. The van der Waals surface area contributed by atoms with Gasteiger partial charge in [0.05, 0.1) is 0 Å². The lowest BCUT2D eigenvalue weighted by Crippen LogP contribution is -2.37. The Morgan fingerprint density at radius 2 is 1.87 bits per heavy atom. The largest absolute Gasteiger partial charge is 0.385 e. The highest BCUT2D eigenvalue weighted by atomic mass is 79.9. The number of hydrogen-bond donors (Lipinski definition) is 0. The third kappa shape index (κ3) is 5.88. The van der Waals surface area contributed by atoms with Gasteiger partial charge in [0.15, 0.2) is 0 Å². The smallest absolute Gasteiger partial charge is 0.0474 e. The van der Waals surface area contributed by atoms with Gasteiger partial charge in [-0.1, -0.05) is 29.8 Å². The minimum atomic E-state index is 0.446.